The number of hydrogen-bond donors (Lipinski definition) is 0. The van der Waals surface area contributed by atoms with Crippen LogP contribution in [0.15, 0.2) is 66.7 Å². The van der Waals surface area contributed by atoms with Gasteiger partial charge >= 0.3 is 11.9 Å². The summed E-state index contributed by atoms with van der Waals surface area (Å²) in [6, 6.07) is 19.4. The zero-order valence-electron chi connectivity index (χ0n) is 20.1. The average Bonchev–Trinajstić information content (AvgIpc) is 2.82. The van der Waals surface area contributed by atoms with Crippen LogP contribution in [0, 0.1) is 19.8 Å². The van der Waals surface area contributed by atoms with E-state index >= 15 is 0 Å². The first-order valence-corrected chi connectivity index (χ1v) is 12.0. The molecule has 0 aliphatic heterocycles. The quantitative estimate of drug-likeness (QED) is 0.220. The van der Waals surface area contributed by atoms with E-state index in [-0.39, 0.29) is 0 Å². The van der Waals surface area contributed by atoms with Crippen molar-refractivity contribution in [1.29, 1.82) is 0 Å². The fourth-order valence-electron chi connectivity index (χ4n) is 2.60. The molecule has 0 bridgehead atoms. The number of ether oxygens (including phenoxy) is 2. The maximum absolute atomic E-state index is 12.3. The first kappa shape index (κ1) is 26.3. The van der Waals surface area contributed by atoms with Gasteiger partial charge in [0.2, 0.25) is 0 Å². The molecule has 0 aliphatic carbocycles. The van der Waals surface area contributed by atoms with E-state index in [0.717, 1.165) is 23.2 Å². The van der Waals surface area contributed by atoms with E-state index in [2.05, 4.69) is 30.0 Å². The second-order valence-corrected chi connectivity index (χ2v) is 8.68. The average molecular weight is 465 g/mol. The Morgan fingerprint density at radius 1 is 0.818 bits per heavy atom. The summed E-state index contributed by atoms with van der Waals surface area (Å²) in [6.45, 7) is 10.4. The zero-order valence-corrected chi connectivity index (χ0v) is 21.2. The number of esters is 2. The maximum Gasteiger partial charge on any atom is 0.343 e. The minimum absolute atomic E-state index is 0.391. The van der Waals surface area contributed by atoms with Crippen molar-refractivity contribution in [3.05, 3.63) is 94.5 Å². The molecule has 0 heterocycles. The first-order valence-electron chi connectivity index (χ1n) is 11.1. The number of carbonyl (C=O) groups excluding carboxylic acids is 2. The van der Waals surface area contributed by atoms with Gasteiger partial charge in [-0.2, -0.15) is 0 Å². The number of aryl methyl sites for hydroxylation is 2. The van der Waals surface area contributed by atoms with Gasteiger partial charge in [-0.25, -0.2) is 9.59 Å². The molecule has 0 saturated heterocycles. The van der Waals surface area contributed by atoms with E-state index < -0.39 is 11.9 Å². The van der Waals surface area contributed by atoms with Gasteiger partial charge in [-0.15, -0.1) is 9.24 Å². The lowest BCUT2D eigenvalue weighted by atomic mass is 10.1. The molecule has 0 fully saturated rings. The molecule has 0 saturated carbocycles. The molecule has 0 aliphatic rings. The van der Waals surface area contributed by atoms with Crippen molar-refractivity contribution in [3.8, 4) is 11.5 Å². The molecule has 5 heteroatoms. The molecular formula is C28H33O4P. The van der Waals surface area contributed by atoms with Crippen LogP contribution in [0.4, 0.5) is 0 Å². The zero-order chi connectivity index (χ0) is 24.4. The summed E-state index contributed by atoms with van der Waals surface area (Å²) < 4.78 is 10.8. The highest BCUT2D eigenvalue weighted by Gasteiger charge is 2.14. The van der Waals surface area contributed by atoms with Crippen molar-refractivity contribution in [2.45, 2.75) is 47.2 Å². The van der Waals surface area contributed by atoms with Gasteiger partial charge in [0.05, 0.1) is 11.1 Å². The monoisotopic (exact) mass is 464 g/mol. The van der Waals surface area contributed by atoms with Gasteiger partial charge in [-0.3, -0.25) is 0 Å². The lowest BCUT2D eigenvalue weighted by Crippen LogP contribution is -2.11. The van der Waals surface area contributed by atoms with Gasteiger partial charge in [-0.05, 0) is 79.5 Å². The Balaban J connectivity index is 0.000000696. The third kappa shape index (κ3) is 8.47. The number of hydrogen-bond acceptors (Lipinski definition) is 4. The summed E-state index contributed by atoms with van der Waals surface area (Å²) in [5.41, 5.74) is 3.75. The highest BCUT2D eigenvalue weighted by atomic mass is 31.0. The molecule has 3 aromatic carbocycles. The van der Waals surface area contributed by atoms with Gasteiger partial charge in [0.25, 0.3) is 0 Å². The van der Waals surface area contributed by atoms with E-state index in [1.807, 2.05) is 31.2 Å². The molecule has 0 spiro atoms. The Morgan fingerprint density at radius 2 is 1.36 bits per heavy atom. The minimum atomic E-state index is -0.460. The van der Waals surface area contributed by atoms with Gasteiger partial charge in [0, 0.05) is 0 Å². The third-order valence-corrected chi connectivity index (χ3v) is 5.56. The Bertz CT molecular complexity index is 1050. The van der Waals surface area contributed by atoms with Crippen molar-refractivity contribution >= 4 is 21.2 Å². The predicted octanol–water partition coefficient (Wildman–Crippen LogP) is 7.17. The largest absolute Gasteiger partial charge is 0.423 e. The topological polar surface area (TPSA) is 52.6 Å². The van der Waals surface area contributed by atoms with Crippen LogP contribution in [0.25, 0.3) is 0 Å². The molecule has 0 aromatic heterocycles. The molecule has 1 unspecified atom stereocenters. The van der Waals surface area contributed by atoms with Crippen LogP contribution < -0.4 is 9.47 Å². The van der Waals surface area contributed by atoms with E-state index in [9.17, 15) is 9.59 Å². The molecule has 4 nitrogen and oxygen atoms in total. The van der Waals surface area contributed by atoms with E-state index in [1.54, 1.807) is 49.4 Å². The van der Waals surface area contributed by atoms with Crippen LogP contribution in [-0.4, -0.2) is 11.9 Å². The SMILES string of the molecule is CCC(C)C.Cc1ccc(OC(=O)c2ccc(OC(=O)c3ccc(CP)cc3)c(C)c2)cc1. The van der Waals surface area contributed by atoms with Crippen molar-refractivity contribution in [2.75, 3.05) is 0 Å². The Hall–Kier alpha value is -2.97. The van der Waals surface area contributed by atoms with Gasteiger partial charge in [0.1, 0.15) is 11.5 Å². The standard InChI is InChI=1S/C23H21O4P.C5H12/c1-15-3-10-20(11-4-15)26-23(25)19-9-12-21(16(2)13-19)27-22(24)18-7-5-17(14-28)6-8-18;1-4-5(2)3/h3-13H,14,28H2,1-2H3;5H,4H2,1-3H3. The summed E-state index contributed by atoms with van der Waals surface area (Å²) in [6.07, 6.45) is 2.13. The molecule has 0 amide bonds. The normalized spacial score (nSPS) is 10.3. The summed E-state index contributed by atoms with van der Waals surface area (Å²) in [5, 5.41) is 0. The van der Waals surface area contributed by atoms with Gasteiger partial charge in [-0.1, -0.05) is 57.0 Å². The molecular weight excluding hydrogens is 431 g/mol. The van der Waals surface area contributed by atoms with Crippen molar-refractivity contribution in [2.24, 2.45) is 5.92 Å². The number of carbonyl (C=O) groups is 2. The van der Waals surface area contributed by atoms with Crippen LogP contribution in [0.1, 0.15) is 64.6 Å². The fraction of sp³-hybridized carbons (Fsp3) is 0.286. The molecule has 3 aromatic rings. The van der Waals surface area contributed by atoms with Crippen molar-refractivity contribution < 1.29 is 19.1 Å². The fourth-order valence-corrected chi connectivity index (χ4v) is 2.87. The summed E-state index contributed by atoms with van der Waals surface area (Å²) in [4.78, 5) is 24.7. The summed E-state index contributed by atoms with van der Waals surface area (Å²) in [5.74, 6) is 0.880. The van der Waals surface area contributed by atoms with Crippen LogP contribution in [0.3, 0.4) is 0 Å². The minimum Gasteiger partial charge on any atom is -0.423 e. The second kappa shape index (κ2) is 12.9. The number of rotatable bonds is 6. The molecule has 3 rings (SSSR count). The Morgan fingerprint density at radius 3 is 1.88 bits per heavy atom. The maximum atomic E-state index is 12.3. The lowest BCUT2D eigenvalue weighted by molar-refractivity contribution is 0.0730. The van der Waals surface area contributed by atoms with Crippen LogP contribution >= 0.6 is 9.24 Å². The Labute approximate surface area is 199 Å². The molecule has 0 radical (unpaired) electrons. The highest BCUT2D eigenvalue weighted by molar-refractivity contribution is 7.15. The van der Waals surface area contributed by atoms with Gasteiger partial charge in [0.15, 0.2) is 0 Å². The van der Waals surface area contributed by atoms with Gasteiger partial charge < -0.3 is 9.47 Å². The van der Waals surface area contributed by atoms with Crippen LogP contribution in [0.5, 0.6) is 11.5 Å². The van der Waals surface area contributed by atoms with Crippen molar-refractivity contribution in [3.63, 3.8) is 0 Å². The van der Waals surface area contributed by atoms with Crippen LogP contribution in [-0.2, 0) is 6.16 Å². The second-order valence-electron chi connectivity index (χ2n) is 8.28. The molecule has 1 atom stereocenters. The van der Waals surface area contributed by atoms with Crippen LogP contribution in [0.2, 0.25) is 0 Å². The highest BCUT2D eigenvalue weighted by Crippen LogP contribution is 2.22. The molecule has 0 N–H and O–H groups in total. The van der Waals surface area contributed by atoms with E-state index in [0.29, 0.717) is 28.2 Å². The Kier molecular flexibility index (Phi) is 10.3. The summed E-state index contributed by atoms with van der Waals surface area (Å²) in [7, 11) is 2.64. The smallest absolute Gasteiger partial charge is 0.343 e. The third-order valence-electron chi connectivity index (χ3n) is 5.09. The first-order chi connectivity index (χ1) is 15.7. The molecule has 174 valence electrons. The van der Waals surface area contributed by atoms with E-state index in [1.165, 1.54) is 6.42 Å². The predicted molar refractivity (Wildman–Crippen MR) is 137 cm³/mol. The molecule has 33 heavy (non-hydrogen) atoms. The number of benzene rings is 3. The van der Waals surface area contributed by atoms with Crippen molar-refractivity contribution in [1.82, 2.24) is 0 Å². The van der Waals surface area contributed by atoms with E-state index in [4.69, 9.17) is 9.47 Å². The lowest BCUT2D eigenvalue weighted by Gasteiger charge is -2.10. The summed E-state index contributed by atoms with van der Waals surface area (Å²) >= 11 is 0.